The van der Waals surface area contributed by atoms with Gasteiger partial charge in [-0.05, 0) is 12.2 Å². The van der Waals surface area contributed by atoms with Crippen molar-refractivity contribution in [2.75, 3.05) is 0 Å². The molecule has 0 aliphatic rings. The molecule has 0 heterocycles. The Hall–Kier alpha value is -3.94. The average molecular weight is 348 g/mol. The van der Waals surface area contributed by atoms with E-state index in [0.717, 1.165) is 11.1 Å². The molecule has 0 saturated heterocycles. The van der Waals surface area contributed by atoms with Crippen LogP contribution in [-0.4, -0.2) is 23.3 Å². The fourth-order valence-electron chi connectivity index (χ4n) is 1.97. The maximum absolute atomic E-state index is 5.37. The highest BCUT2D eigenvalue weighted by molar-refractivity contribution is 6.16. The molecule has 8 nitrogen and oxygen atoms in total. The van der Waals surface area contributed by atoms with E-state index < -0.39 is 0 Å². The minimum absolute atomic E-state index is 0.135. The maximum Gasteiger partial charge on any atom is 0.211 e. The highest BCUT2D eigenvalue weighted by Crippen LogP contribution is 2.07. The second kappa shape index (κ2) is 9.38. The van der Waals surface area contributed by atoms with E-state index in [-0.39, 0.29) is 11.9 Å². The molecule has 132 valence electrons. The number of guanidine groups is 2. The number of hydrogen-bond donors (Lipinski definition) is 4. The van der Waals surface area contributed by atoms with E-state index in [1.165, 1.54) is 0 Å². The zero-order valence-corrected chi connectivity index (χ0v) is 14.0. The van der Waals surface area contributed by atoms with Crippen LogP contribution in [0.4, 0.5) is 0 Å². The van der Waals surface area contributed by atoms with Gasteiger partial charge < -0.3 is 22.9 Å². The molecule has 0 bridgehead atoms. The molecule has 0 saturated carbocycles. The van der Waals surface area contributed by atoms with E-state index >= 15 is 0 Å². The molecule has 0 spiro atoms. The molecule has 0 aromatic heterocycles. The zero-order valence-electron chi connectivity index (χ0n) is 14.0. The Morgan fingerprint density at radius 1 is 0.538 bits per heavy atom. The molecule has 0 aliphatic carbocycles. The van der Waals surface area contributed by atoms with Crippen molar-refractivity contribution in [3.63, 3.8) is 0 Å². The normalized spacial score (nSPS) is 12.0. The van der Waals surface area contributed by atoms with Gasteiger partial charge in [0.2, 0.25) is 11.9 Å². The van der Waals surface area contributed by atoms with Crippen molar-refractivity contribution in [1.82, 2.24) is 0 Å². The first-order valence-corrected chi connectivity index (χ1v) is 7.68. The van der Waals surface area contributed by atoms with E-state index in [0.29, 0.717) is 11.4 Å². The van der Waals surface area contributed by atoms with Gasteiger partial charge in [0.15, 0.2) is 0 Å². The van der Waals surface area contributed by atoms with Crippen LogP contribution in [0.2, 0.25) is 0 Å². The van der Waals surface area contributed by atoms with Crippen molar-refractivity contribution in [3.05, 3.63) is 83.9 Å². The Kier molecular flexibility index (Phi) is 6.64. The third-order valence-electron chi connectivity index (χ3n) is 3.08. The first-order chi connectivity index (χ1) is 12.6. The van der Waals surface area contributed by atoms with Gasteiger partial charge in [0, 0.05) is 11.1 Å². The minimum Gasteiger partial charge on any atom is -0.369 e. The Bertz CT molecular complexity index is 783. The van der Waals surface area contributed by atoms with Crippen molar-refractivity contribution in [2.24, 2.45) is 43.3 Å². The number of benzene rings is 2. The Balaban J connectivity index is 2.44. The second-order valence-corrected chi connectivity index (χ2v) is 5.09. The Morgan fingerprint density at radius 3 is 1.19 bits per heavy atom. The van der Waals surface area contributed by atoms with Gasteiger partial charge in [0.25, 0.3) is 0 Å². The summed E-state index contributed by atoms with van der Waals surface area (Å²) >= 11 is 0. The molecule has 0 amide bonds. The smallest absolute Gasteiger partial charge is 0.211 e. The quantitative estimate of drug-likeness (QED) is 0.348. The summed E-state index contributed by atoms with van der Waals surface area (Å²) in [5, 5.41) is 15.6. The van der Waals surface area contributed by atoms with Crippen molar-refractivity contribution in [3.8, 4) is 0 Å². The molecule has 0 fully saturated rings. The fourth-order valence-corrected chi connectivity index (χ4v) is 1.97. The minimum atomic E-state index is -0.135. The van der Waals surface area contributed by atoms with E-state index in [2.05, 4.69) is 20.4 Å². The predicted molar refractivity (Wildman–Crippen MR) is 107 cm³/mol. The molecule has 2 rings (SSSR count). The number of nitrogens with zero attached hydrogens (tertiary/aromatic N) is 4. The van der Waals surface area contributed by atoms with Gasteiger partial charge >= 0.3 is 0 Å². The molecule has 2 aromatic rings. The highest BCUT2D eigenvalue weighted by Gasteiger charge is 2.03. The molecule has 0 aliphatic heterocycles. The van der Waals surface area contributed by atoms with Crippen LogP contribution in [0, 0.1) is 0 Å². The standard InChI is InChI=1S/C18H20N8/c19-17(20)25-23-15(13-7-3-1-4-8-13)11-12-16(24-26-18(21)22)14-9-5-2-6-10-14/h1-12H,(H4,19,20,25)(H4,21,22,26)/b12-11+,23-15?,24-16?. The van der Waals surface area contributed by atoms with E-state index in [4.69, 9.17) is 22.9 Å². The lowest BCUT2D eigenvalue weighted by Crippen LogP contribution is -2.22. The molecule has 0 atom stereocenters. The van der Waals surface area contributed by atoms with Crippen LogP contribution < -0.4 is 22.9 Å². The number of nitrogens with two attached hydrogens (primary N) is 4. The summed E-state index contributed by atoms with van der Waals surface area (Å²) in [6.45, 7) is 0. The van der Waals surface area contributed by atoms with Crippen LogP contribution in [0.1, 0.15) is 11.1 Å². The lowest BCUT2D eigenvalue weighted by atomic mass is 10.1. The summed E-state index contributed by atoms with van der Waals surface area (Å²) in [5.41, 5.74) is 24.3. The summed E-state index contributed by atoms with van der Waals surface area (Å²) in [4.78, 5) is 0. The molecule has 0 unspecified atom stereocenters. The summed E-state index contributed by atoms with van der Waals surface area (Å²) in [6.07, 6.45) is 3.46. The van der Waals surface area contributed by atoms with Crippen molar-refractivity contribution in [1.29, 1.82) is 0 Å². The second-order valence-electron chi connectivity index (χ2n) is 5.09. The predicted octanol–water partition coefficient (Wildman–Crippen LogP) is 0.898. The molecule has 0 radical (unpaired) electrons. The van der Waals surface area contributed by atoms with Crippen LogP contribution in [-0.2, 0) is 0 Å². The van der Waals surface area contributed by atoms with Crippen molar-refractivity contribution >= 4 is 23.3 Å². The number of hydrogen-bond acceptors (Lipinski definition) is 4. The first kappa shape index (κ1) is 18.4. The van der Waals surface area contributed by atoms with Crippen LogP contribution in [0.3, 0.4) is 0 Å². The average Bonchev–Trinajstić information content (AvgIpc) is 2.65. The van der Waals surface area contributed by atoms with Crippen LogP contribution >= 0.6 is 0 Å². The molecular weight excluding hydrogens is 328 g/mol. The third-order valence-corrected chi connectivity index (χ3v) is 3.08. The summed E-state index contributed by atoms with van der Waals surface area (Å²) in [5.74, 6) is -0.270. The Labute approximate surface area is 151 Å². The summed E-state index contributed by atoms with van der Waals surface area (Å²) < 4.78 is 0. The molecule has 26 heavy (non-hydrogen) atoms. The SMILES string of the molecule is NC(N)=NN=C(/C=C/C(=NN=C(N)N)c1ccccc1)c1ccccc1. The molecule has 8 heteroatoms. The lowest BCUT2D eigenvalue weighted by Gasteiger charge is -2.02. The Morgan fingerprint density at radius 2 is 0.885 bits per heavy atom. The first-order valence-electron chi connectivity index (χ1n) is 7.68. The molecule has 2 aromatic carbocycles. The van der Waals surface area contributed by atoms with Crippen LogP contribution in [0.25, 0.3) is 0 Å². The van der Waals surface area contributed by atoms with Gasteiger partial charge in [0.05, 0.1) is 11.4 Å². The van der Waals surface area contributed by atoms with Gasteiger partial charge in [0.1, 0.15) is 0 Å². The monoisotopic (exact) mass is 348 g/mol. The highest BCUT2D eigenvalue weighted by atomic mass is 15.3. The number of rotatable bonds is 6. The number of allylic oxidation sites excluding steroid dienone is 2. The third kappa shape index (κ3) is 5.93. The van der Waals surface area contributed by atoms with Crippen molar-refractivity contribution in [2.45, 2.75) is 0 Å². The summed E-state index contributed by atoms with van der Waals surface area (Å²) in [6, 6.07) is 18.9. The molecular formula is C18H20N8. The molecule has 8 N–H and O–H groups in total. The van der Waals surface area contributed by atoms with E-state index in [1.54, 1.807) is 12.2 Å². The van der Waals surface area contributed by atoms with Crippen LogP contribution in [0.15, 0.2) is 93.2 Å². The fraction of sp³-hybridized carbons (Fsp3) is 0. The van der Waals surface area contributed by atoms with Gasteiger partial charge in [-0.25, -0.2) is 0 Å². The largest absolute Gasteiger partial charge is 0.369 e. The summed E-state index contributed by atoms with van der Waals surface area (Å²) in [7, 11) is 0. The van der Waals surface area contributed by atoms with Gasteiger partial charge in [-0.3, -0.25) is 0 Å². The van der Waals surface area contributed by atoms with Crippen LogP contribution in [0.5, 0.6) is 0 Å². The van der Waals surface area contributed by atoms with E-state index in [1.807, 2.05) is 60.7 Å². The van der Waals surface area contributed by atoms with Crippen molar-refractivity contribution < 1.29 is 0 Å². The van der Waals surface area contributed by atoms with Gasteiger partial charge in [-0.1, -0.05) is 60.7 Å². The van der Waals surface area contributed by atoms with E-state index in [9.17, 15) is 0 Å². The zero-order chi connectivity index (χ0) is 18.8. The topological polar surface area (TPSA) is 154 Å². The van der Waals surface area contributed by atoms with Gasteiger partial charge in [-0.15, -0.1) is 20.4 Å². The lowest BCUT2D eigenvalue weighted by molar-refractivity contribution is 1.20. The maximum atomic E-state index is 5.37. The van der Waals surface area contributed by atoms with Gasteiger partial charge in [-0.2, -0.15) is 0 Å².